The monoisotopic (exact) mass is 896 g/mol. The maximum absolute atomic E-state index is 8.24. The zero-order valence-electron chi connectivity index (χ0n) is 38.0. The lowest BCUT2D eigenvalue weighted by Crippen LogP contribution is -2.13. The minimum absolute atomic E-state index is 0.566. The molecule has 0 spiro atoms. The highest BCUT2D eigenvalue weighted by molar-refractivity contribution is 6.16. The fourth-order valence-corrected chi connectivity index (χ4v) is 10.5. The van der Waals surface area contributed by atoms with Crippen LogP contribution in [0.2, 0.25) is 0 Å². The molecule has 330 valence electrons. The summed E-state index contributed by atoms with van der Waals surface area (Å²) < 4.78 is 4.65. The molecule has 0 aliphatic rings. The lowest BCUT2D eigenvalue weighted by molar-refractivity contribution is 1.15. The van der Waals surface area contributed by atoms with Crippen LogP contribution in [0.4, 0.5) is 11.4 Å². The molecule has 13 rings (SSSR count). The Labute approximate surface area is 405 Å². The van der Waals surface area contributed by atoms with E-state index >= 15 is 0 Å². The van der Waals surface area contributed by atoms with Gasteiger partial charge in [0.05, 0.1) is 67.6 Å². The van der Waals surface area contributed by atoms with Crippen LogP contribution in [0.1, 0.15) is 0 Å². The Morgan fingerprint density at radius 2 is 0.486 bits per heavy atom. The smallest absolute Gasteiger partial charge is 0.0799 e. The predicted octanol–water partition coefficient (Wildman–Crippen LogP) is 15.8. The van der Waals surface area contributed by atoms with Crippen molar-refractivity contribution in [2.45, 2.75) is 0 Å². The summed E-state index contributed by atoms with van der Waals surface area (Å²) in [6.45, 7) is 0. The number of aromatic nitrogens is 4. The molecule has 0 aliphatic carbocycles. The van der Waals surface area contributed by atoms with Crippen LogP contribution in [0.15, 0.2) is 243 Å². The van der Waals surface area contributed by atoms with E-state index in [2.05, 4.69) is 228 Å². The SMILES string of the molecule is Nc1c(-c2cc(-c3ccccc3)nc(-c3ccccc3)c2)c(-n2c3ccccc3c3ccccc32)c(N)c(-c2cc(-c3ccccc3)nc(-c3ccccc3)c2)c1-n1c2ccccc2c2ccccc21. The minimum Gasteiger partial charge on any atom is -0.396 e. The molecule has 0 unspecified atom stereocenters. The van der Waals surface area contributed by atoms with Gasteiger partial charge in [0.1, 0.15) is 0 Å². The average molecular weight is 897 g/mol. The first kappa shape index (κ1) is 40.7. The number of benzene rings is 9. The zero-order chi connectivity index (χ0) is 46.7. The second-order valence-corrected chi connectivity index (χ2v) is 17.7. The zero-order valence-corrected chi connectivity index (χ0v) is 38.0. The van der Waals surface area contributed by atoms with Gasteiger partial charge in [0.25, 0.3) is 0 Å². The highest BCUT2D eigenvalue weighted by Crippen LogP contribution is 2.52. The van der Waals surface area contributed by atoms with Crippen molar-refractivity contribution in [1.82, 2.24) is 19.1 Å². The van der Waals surface area contributed by atoms with Crippen molar-refractivity contribution in [3.8, 4) is 78.7 Å². The molecule has 0 amide bonds. The Morgan fingerprint density at radius 1 is 0.257 bits per heavy atom. The van der Waals surface area contributed by atoms with Crippen LogP contribution >= 0.6 is 0 Å². The van der Waals surface area contributed by atoms with Crippen LogP contribution < -0.4 is 11.5 Å². The van der Waals surface area contributed by atoms with Crippen molar-refractivity contribution in [2.24, 2.45) is 0 Å². The van der Waals surface area contributed by atoms with Crippen LogP contribution in [-0.2, 0) is 0 Å². The standard InChI is InChI=1S/C64H44N6/c65-61-59(45-37-51(41-21-5-1-6-22-41)67-52(38-45)42-23-7-2-8-24-42)63(69-55-33-17-13-29-47(55)48-30-14-18-34-56(48)69)62(66)60(64(61)70-57-35-19-15-31-49(57)50-32-16-20-36-58(50)70)46-39-53(43-25-9-3-10-26-43)68-54(40-46)44-27-11-4-12-28-44/h1-40H,65-66H2. The molecular formula is C64H44N6. The molecule has 4 N–H and O–H groups in total. The highest BCUT2D eigenvalue weighted by Gasteiger charge is 2.30. The van der Waals surface area contributed by atoms with Crippen molar-refractivity contribution in [3.63, 3.8) is 0 Å². The molecule has 0 fully saturated rings. The molecule has 0 bridgehead atoms. The van der Waals surface area contributed by atoms with Crippen molar-refractivity contribution < 1.29 is 0 Å². The van der Waals surface area contributed by atoms with Crippen LogP contribution in [0.25, 0.3) is 122 Å². The van der Waals surface area contributed by atoms with Gasteiger partial charge >= 0.3 is 0 Å². The first-order valence-electron chi connectivity index (χ1n) is 23.6. The summed E-state index contributed by atoms with van der Waals surface area (Å²) in [4.78, 5) is 10.7. The van der Waals surface area contributed by atoms with Crippen LogP contribution in [-0.4, -0.2) is 19.1 Å². The van der Waals surface area contributed by atoms with Crippen molar-refractivity contribution in [1.29, 1.82) is 0 Å². The quantitative estimate of drug-likeness (QED) is 0.149. The maximum atomic E-state index is 8.24. The van der Waals surface area contributed by atoms with E-state index in [1.165, 1.54) is 0 Å². The van der Waals surface area contributed by atoms with E-state index in [1.807, 2.05) is 24.3 Å². The summed E-state index contributed by atoms with van der Waals surface area (Å²) in [5, 5.41) is 4.45. The fourth-order valence-electron chi connectivity index (χ4n) is 10.5. The van der Waals surface area contributed by atoms with Gasteiger partial charge in [-0.3, -0.25) is 0 Å². The number of hydrogen-bond donors (Lipinski definition) is 2. The summed E-state index contributed by atoms with van der Waals surface area (Å²) in [5.41, 5.74) is 33.8. The Bertz CT molecular complexity index is 3630. The van der Waals surface area contributed by atoms with E-state index in [-0.39, 0.29) is 0 Å². The Morgan fingerprint density at radius 3 is 0.743 bits per heavy atom. The molecule has 0 saturated carbocycles. The number of nitrogens with two attached hydrogens (primary N) is 2. The number of hydrogen-bond acceptors (Lipinski definition) is 4. The Balaban J connectivity index is 1.26. The maximum Gasteiger partial charge on any atom is 0.0799 e. The number of pyridine rings is 2. The highest BCUT2D eigenvalue weighted by atomic mass is 15.0. The van der Waals surface area contributed by atoms with Gasteiger partial charge in [-0.2, -0.15) is 0 Å². The second-order valence-electron chi connectivity index (χ2n) is 17.7. The third kappa shape index (κ3) is 6.65. The summed E-state index contributed by atoms with van der Waals surface area (Å²) >= 11 is 0. The number of nitrogens with zero attached hydrogens (tertiary/aromatic N) is 4. The molecule has 4 aromatic heterocycles. The lowest BCUT2D eigenvalue weighted by atomic mass is 9.89. The molecule has 6 nitrogen and oxygen atoms in total. The lowest BCUT2D eigenvalue weighted by Gasteiger charge is -2.27. The van der Waals surface area contributed by atoms with Gasteiger partial charge in [-0.05, 0) is 59.7 Å². The summed E-state index contributed by atoms with van der Waals surface area (Å²) in [6, 6.07) is 84.4. The van der Waals surface area contributed by atoms with Crippen LogP contribution in [0, 0.1) is 0 Å². The van der Waals surface area contributed by atoms with Gasteiger partial charge < -0.3 is 20.6 Å². The number of fused-ring (bicyclic) bond motifs is 6. The van der Waals surface area contributed by atoms with Gasteiger partial charge in [0.2, 0.25) is 0 Å². The van der Waals surface area contributed by atoms with Crippen LogP contribution in [0.3, 0.4) is 0 Å². The molecule has 0 radical (unpaired) electrons. The van der Waals surface area contributed by atoms with Crippen molar-refractivity contribution >= 4 is 55.0 Å². The normalized spacial score (nSPS) is 11.5. The van der Waals surface area contributed by atoms with E-state index in [9.17, 15) is 0 Å². The summed E-state index contributed by atoms with van der Waals surface area (Å²) in [5.74, 6) is 0. The Hall–Kier alpha value is -9.52. The largest absolute Gasteiger partial charge is 0.396 e. The number of anilines is 2. The average Bonchev–Trinajstić information content (AvgIpc) is 3.94. The molecule has 6 heteroatoms. The fraction of sp³-hybridized carbons (Fsp3) is 0. The molecule has 13 aromatic rings. The molecule has 0 atom stereocenters. The topological polar surface area (TPSA) is 87.7 Å². The molecular weight excluding hydrogens is 853 g/mol. The third-order valence-electron chi connectivity index (χ3n) is 13.6. The van der Waals surface area contributed by atoms with Gasteiger partial charge in [0.15, 0.2) is 0 Å². The van der Waals surface area contributed by atoms with Gasteiger partial charge in [-0.1, -0.05) is 194 Å². The first-order valence-corrected chi connectivity index (χ1v) is 23.6. The summed E-state index contributed by atoms with van der Waals surface area (Å²) in [6.07, 6.45) is 0. The van der Waals surface area contributed by atoms with Gasteiger partial charge in [0, 0.05) is 54.9 Å². The van der Waals surface area contributed by atoms with Gasteiger partial charge in [-0.15, -0.1) is 0 Å². The van der Waals surface area contributed by atoms with Gasteiger partial charge in [-0.25, -0.2) is 9.97 Å². The third-order valence-corrected chi connectivity index (χ3v) is 13.6. The van der Waals surface area contributed by atoms with E-state index in [4.69, 9.17) is 21.4 Å². The van der Waals surface area contributed by atoms with E-state index in [1.54, 1.807) is 0 Å². The number of nitrogen functional groups attached to an aromatic ring is 2. The molecule has 0 saturated heterocycles. The second kappa shape index (κ2) is 16.7. The number of rotatable bonds is 8. The number of para-hydroxylation sites is 4. The molecule has 9 aromatic carbocycles. The predicted molar refractivity (Wildman–Crippen MR) is 292 cm³/mol. The van der Waals surface area contributed by atoms with Crippen LogP contribution in [0.5, 0.6) is 0 Å². The minimum atomic E-state index is 0.566. The first-order chi connectivity index (χ1) is 34.6. The molecule has 70 heavy (non-hydrogen) atoms. The summed E-state index contributed by atoms with van der Waals surface area (Å²) in [7, 11) is 0. The van der Waals surface area contributed by atoms with E-state index in [0.29, 0.717) is 11.4 Å². The molecule has 0 aliphatic heterocycles. The molecule has 4 heterocycles. The van der Waals surface area contributed by atoms with Crippen molar-refractivity contribution in [3.05, 3.63) is 243 Å². The van der Waals surface area contributed by atoms with E-state index < -0.39 is 0 Å². The Kier molecular flexibility index (Phi) is 9.70. The van der Waals surface area contributed by atoms with E-state index in [0.717, 1.165) is 122 Å². The van der Waals surface area contributed by atoms with Crippen molar-refractivity contribution in [2.75, 3.05) is 11.5 Å².